The molecule has 1 aromatic carbocycles. The Bertz CT molecular complexity index is 537. The smallest absolute Gasteiger partial charge is 0.298 e. The summed E-state index contributed by atoms with van der Waals surface area (Å²) in [7, 11) is 0. The number of rotatable bonds is 3. The lowest BCUT2D eigenvalue weighted by molar-refractivity contribution is -0.388. The van der Waals surface area contributed by atoms with Crippen LogP contribution in [0.1, 0.15) is 33.2 Å². The lowest BCUT2D eigenvalue weighted by Crippen LogP contribution is -2.12. The Morgan fingerprint density at radius 2 is 1.94 bits per heavy atom. The van der Waals surface area contributed by atoms with Crippen LogP contribution in [0.5, 0.6) is 0 Å². The summed E-state index contributed by atoms with van der Waals surface area (Å²) in [5.74, 6) is -0.724. The first-order chi connectivity index (χ1) is 8.18. The molecule has 96 valence electrons. The summed E-state index contributed by atoms with van der Waals surface area (Å²) in [4.78, 5) is 30.9. The lowest BCUT2D eigenvalue weighted by Gasteiger charge is -2.10. The molecular formula is C10H6F3NO4. The molecule has 0 N–H and O–H groups in total. The standard InChI is InChI=1S/C10H6F3NO4/c1-5(16)6-2-7(4-15)9(14(17)18)8(3-6)10(11,12)13/h2-4H,1H3. The summed E-state index contributed by atoms with van der Waals surface area (Å²) >= 11 is 0. The maximum atomic E-state index is 12.6. The third kappa shape index (κ3) is 2.53. The Morgan fingerprint density at radius 1 is 1.39 bits per heavy atom. The summed E-state index contributed by atoms with van der Waals surface area (Å²) in [6, 6.07) is 1.14. The van der Waals surface area contributed by atoms with Crippen LogP contribution in [0, 0.1) is 10.1 Å². The van der Waals surface area contributed by atoms with E-state index in [9.17, 15) is 32.9 Å². The van der Waals surface area contributed by atoms with Crippen LogP contribution in [0.15, 0.2) is 12.1 Å². The molecule has 0 atom stereocenters. The molecule has 0 aromatic heterocycles. The molecule has 1 aromatic rings. The number of hydrogen-bond donors (Lipinski definition) is 0. The van der Waals surface area contributed by atoms with Gasteiger partial charge in [0.1, 0.15) is 5.56 Å². The van der Waals surface area contributed by atoms with Crippen LogP contribution in [0.4, 0.5) is 18.9 Å². The number of nitrogens with zero attached hydrogens (tertiary/aromatic N) is 1. The minimum atomic E-state index is -5.02. The number of halogens is 3. The third-order valence-electron chi connectivity index (χ3n) is 2.16. The number of nitro groups is 1. The summed E-state index contributed by atoms with van der Waals surface area (Å²) < 4.78 is 37.9. The average molecular weight is 261 g/mol. The van der Waals surface area contributed by atoms with Gasteiger partial charge in [-0.25, -0.2) is 0 Å². The van der Waals surface area contributed by atoms with Gasteiger partial charge in [0.25, 0.3) is 5.69 Å². The van der Waals surface area contributed by atoms with Crippen LogP contribution < -0.4 is 0 Å². The molecule has 18 heavy (non-hydrogen) atoms. The van der Waals surface area contributed by atoms with Gasteiger partial charge in [-0.2, -0.15) is 13.2 Å². The maximum absolute atomic E-state index is 12.6. The van der Waals surface area contributed by atoms with Crippen molar-refractivity contribution >= 4 is 17.8 Å². The van der Waals surface area contributed by atoms with Crippen LogP contribution in [-0.2, 0) is 6.18 Å². The van der Waals surface area contributed by atoms with E-state index in [1.54, 1.807) is 0 Å². The molecule has 1 rings (SSSR count). The second kappa shape index (κ2) is 4.55. The summed E-state index contributed by atoms with van der Waals surface area (Å²) in [5.41, 5.74) is -4.14. The van der Waals surface area contributed by atoms with Crippen LogP contribution >= 0.6 is 0 Å². The first-order valence-electron chi connectivity index (χ1n) is 4.54. The predicted octanol–water partition coefficient (Wildman–Crippen LogP) is 2.63. The number of Topliss-reactive ketones (excluding diaryl/α,β-unsaturated/α-hetero) is 1. The SMILES string of the molecule is CC(=O)c1cc(C=O)c([N+](=O)[O-])c(C(F)(F)F)c1. The van der Waals surface area contributed by atoms with Gasteiger partial charge >= 0.3 is 6.18 Å². The fourth-order valence-corrected chi connectivity index (χ4v) is 1.37. The van der Waals surface area contributed by atoms with E-state index in [-0.39, 0.29) is 6.29 Å². The highest BCUT2D eigenvalue weighted by atomic mass is 19.4. The molecule has 0 aliphatic heterocycles. The van der Waals surface area contributed by atoms with E-state index in [0.29, 0.717) is 6.07 Å². The molecule has 0 spiro atoms. The van der Waals surface area contributed by atoms with E-state index in [2.05, 4.69) is 0 Å². The Kier molecular flexibility index (Phi) is 3.49. The molecule has 0 amide bonds. The van der Waals surface area contributed by atoms with Crippen LogP contribution in [0.25, 0.3) is 0 Å². The fraction of sp³-hybridized carbons (Fsp3) is 0.200. The van der Waals surface area contributed by atoms with Gasteiger partial charge in [0.05, 0.1) is 10.5 Å². The number of nitro benzene ring substituents is 1. The Balaban J connectivity index is 3.73. The number of ketones is 1. The van der Waals surface area contributed by atoms with Gasteiger partial charge in [0, 0.05) is 5.56 Å². The van der Waals surface area contributed by atoms with Crippen molar-refractivity contribution in [2.45, 2.75) is 13.1 Å². The minimum Gasteiger partial charge on any atom is -0.298 e. The van der Waals surface area contributed by atoms with Gasteiger partial charge in [-0.1, -0.05) is 0 Å². The number of aldehydes is 1. The van der Waals surface area contributed by atoms with Gasteiger partial charge in [-0.15, -0.1) is 0 Å². The van der Waals surface area contributed by atoms with Crippen molar-refractivity contribution in [2.24, 2.45) is 0 Å². The van der Waals surface area contributed by atoms with Gasteiger partial charge in [0.15, 0.2) is 12.1 Å². The van der Waals surface area contributed by atoms with Crippen molar-refractivity contribution in [3.63, 3.8) is 0 Å². The molecule has 0 fully saturated rings. The molecule has 0 radical (unpaired) electrons. The molecule has 0 saturated carbocycles. The zero-order valence-electron chi connectivity index (χ0n) is 8.95. The molecule has 8 heteroatoms. The van der Waals surface area contributed by atoms with Gasteiger partial charge in [-0.05, 0) is 19.1 Å². The second-order valence-electron chi connectivity index (χ2n) is 3.39. The van der Waals surface area contributed by atoms with Gasteiger partial charge in [0.2, 0.25) is 0 Å². The lowest BCUT2D eigenvalue weighted by atomic mass is 10.0. The van der Waals surface area contributed by atoms with Crippen LogP contribution in [0.2, 0.25) is 0 Å². The Hall–Kier alpha value is -2.25. The molecule has 5 nitrogen and oxygen atoms in total. The van der Waals surface area contributed by atoms with Crippen molar-refractivity contribution in [2.75, 3.05) is 0 Å². The van der Waals surface area contributed by atoms with E-state index < -0.39 is 39.3 Å². The van der Waals surface area contributed by atoms with E-state index in [1.807, 2.05) is 0 Å². The van der Waals surface area contributed by atoms with Crippen molar-refractivity contribution in [1.29, 1.82) is 0 Å². The molecule has 0 heterocycles. The van der Waals surface area contributed by atoms with Gasteiger partial charge < -0.3 is 0 Å². The monoisotopic (exact) mass is 261 g/mol. The number of carbonyl (C=O) groups is 2. The normalized spacial score (nSPS) is 11.1. The van der Waals surface area contributed by atoms with Crippen molar-refractivity contribution in [3.8, 4) is 0 Å². The highest BCUT2D eigenvalue weighted by Gasteiger charge is 2.40. The topological polar surface area (TPSA) is 77.3 Å². The summed E-state index contributed by atoms with van der Waals surface area (Å²) in [5, 5.41) is 10.6. The van der Waals surface area contributed by atoms with Crippen molar-refractivity contribution in [1.82, 2.24) is 0 Å². The average Bonchev–Trinajstić information content (AvgIpc) is 2.25. The summed E-state index contributed by atoms with van der Waals surface area (Å²) in [6.07, 6.45) is -5.11. The highest BCUT2D eigenvalue weighted by Crippen LogP contribution is 2.38. The molecule has 0 bridgehead atoms. The third-order valence-corrected chi connectivity index (χ3v) is 2.16. The van der Waals surface area contributed by atoms with Crippen LogP contribution in [-0.4, -0.2) is 17.0 Å². The first-order valence-corrected chi connectivity index (χ1v) is 4.54. The molecule has 0 saturated heterocycles. The van der Waals surface area contributed by atoms with Gasteiger partial charge in [-0.3, -0.25) is 19.7 Å². The zero-order chi connectivity index (χ0) is 14.1. The van der Waals surface area contributed by atoms with Crippen molar-refractivity contribution < 1.29 is 27.7 Å². The van der Waals surface area contributed by atoms with E-state index in [4.69, 9.17) is 0 Å². The number of carbonyl (C=O) groups excluding carboxylic acids is 2. The predicted molar refractivity (Wildman–Crippen MR) is 53.5 cm³/mol. The maximum Gasteiger partial charge on any atom is 0.423 e. The van der Waals surface area contributed by atoms with E-state index >= 15 is 0 Å². The highest BCUT2D eigenvalue weighted by molar-refractivity contribution is 5.97. The first kappa shape index (κ1) is 13.8. The summed E-state index contributed by atoms with van der Waals surface area (Å²) in [6.45, 7) is 0.996. The van der Waals surface area contributed by atoms with E-state index in [0.717, 1.165) is 13.0 Å². The number of hydrogen-bond acceptors (Lipinski definition) is 4. The number of benzene rings is 1. The zero-order valence-corrected chi connectivity index (χ0v) is 8.95. The largest absolute Gasteiger partial charge is 0.423 e. The molecule has 0 aliphatic carbocycles. The van der Waals surface area contributed by atoms with E-state index in [1.165, 1.54) is 0 Å². The molecule has 0 aliphatic rings. The minimum absolute atomic E-state index is 0.0835. The van der Waals surface area contributed by atoms with Crippen LogP contribution in [0.3, 0.4) is 0 Å². The molecule has 0 unspecified atom stereocenters. The van der Waals surface area contributed by atoms with Crippen molar-refractivity contribution in [3.05, 3.63) is 38.9 Å². The quantitative estimate of drug-likeness (QED) is 0.362. The second-order valence-corrected chi connectivity index (χ2v) is 3.39. The molecular weight excluding hydrogens is 255 g/mol. The fourth-order valence-electron chi connectivity index (χ4n) is 1.37. The number of alkyl halides is 3. The Morgan fingerprint density at radius 3 is 2.28 bits per heavy atom. The Labute approximate surface area is 98.4 Å².